The van der Waals surface area contributed by atoms with Gasteiger partial charge in [-0.3, -0.25) is 0 Å². The number of benzene rings is 10. The van der Waals surface area contributed by atoms with E-state index in [-0.39, 0.29) is 0 Å². The molecule has 0 atom stereocenters. The van der Waals surface area contributed by atoms with Crippen LogP contribution in [0.15, 0.2) is 342 Å². The Hall–Kier alpha value is -12.1. The summed E-state index contributed by atoms with van der Waals surface area (Å²) in [4.78, 5) is 0. The number of rotatable bonds is 24. The van der Waals surface area contributed by atoms with E-state index in [1.807, 2.05) is 24.3 Å². The predicted octanol–water partition coefficient (Wildman–Crippen LogP) is 26.6. The molecule has 0 bridgehead atoms. The highest BCUT2D eigenvalue weighted by molar-refractivity contribution is 5.49. The number of aryl methyl sites for hydroxylation is 10. The monoisotopic (exact) mass is 1410 g/mol. The second-order valence-electron chi connectivity index (χ2n) is 26.3. The number of hydrogen-bond acceptors (Lipinski definition) is 0. The average molecular weight is 1410 g/mol. The molecular formula is C108H110. The van der Waals surface area contributed by atoms with Crippen LogP contribution >= 0.6 is 0 Å². The third-order valence-corrected chi connectivity index (χ3v) is 17.4. The summed E-state index contributed by atoms with van der Waals surface area (Å²) in [5, 5.41) is 0. The Morgan fingerprint density at radius 1 is 0.185 bits per heavy atom. The number of hydrogen-bond donors (Lipinski definition) is 0. The third kappa shape index (κ3) is 36.6. The van der Waals surface area contributed by atoms with Gasteiger partial charge in [0, 0.05) is 55.6 Å². The standard InChI is InChI=1S/C24H26.C23H24.C22H22.C20H20.C19H18/c1-3-5-7-9-21-11-15-23(16-12-21)19-20-24-17-13-22(14-18-24)10-8-6-4-2;1-3-5-7-9-21-12-16-23(17-13-21)19-18-22-14-10-20(11-15-22)8-6-4-2;1-3-5-7-19-9-13-21(14-10-19)17-18-22-15-11-20(12-16-22)8-6-4-2;1-3-4-5-6-18-11-13-20(14-12-18)16-15-19-9-7-17(2)8-10-19;1-3-4-5-17-10-12-19(13-11-17)15-14-18-8-6-16(2)7-9-18/h3-6,11-18H,7-10H2,1-2H3;3-5,10-17H,2,6-9H2,1H3;3-4,9-16H,1-2,5-8H2;3-4,7-14H,5-6H2,1-2H3;3,6-13H,1,4-5H2,2H3. The zero-order valence-electron chi connectivity index (χ0n) is 65.2. The van der Waals surface area contributed by atoms with Gasteiger partial charge in [0.1, 0.15) is 0 Å². The Balaban J connectivity index is 0.000000212. The number of allylic oxidation sites excluding steroid dienone is 12. The van der Waals surface area contributed by atoms with Gasteiger partial charge >= 0.3 is 0 Å². The van der Waals surface area contributed by atoms with E-state index in [9.17, 15) is 0 Å². The Labute approximate surface area is 652 Å². The summed E-state index contributed by atoms with van der Waals surface area (Å²) >= 11 is 0. The van der Waals surface area contributed by atoms with Crippen molar-refractivity contribution in [1.82, 2.24) is 0 Å². The van der Waals surface area contributed by atoms with Gasteiger partial charge < -0.3 is 0 Å². The van der Waals surface area contributed by atoms with Gasteiger partial charge in [-0.1, -0.05) is 265 Å². The first-order valence-electron chi connectivity index (χ1n) is 38.3. The third-order valence-electron chi connectivity index (χ3n) is 17.4. The molecule has 0 fully saturated rings. The van der Waals surface area contributed by atoms with Gasteiger partial charge in [-0.25, -0.2) is 0 Å². The fourth-order valence-corrected chi connectivity index (χ4v) is 10.8. The second-order valence-corrected chi connectivity index (χ2v) is 26.3. The first-order chi connectivity index (χ1) is 53.0. The van der Waals surface area contributed by atoms with Gasteiger partial charge in [-0.2, -0.15) is 0 Å². The van der Waals surface area contributed by atoms with Crippen molar-refractivity contribution in [2.45, 2.75) is 144 Å². The van der Waals surface area contributed by atoms with Crippen molar-refractivity contribution < 1.29 is 0 Å². The molecule has 0 amide bonds. The highest BCUT2D eigenvalue weighted by Gasteiger charge is 2.00. The van der Waals surface area contributed by atoms with Crippen LogP contribution in [0.3, 0.4) is 0 Å². The lowest BCUT2D eigenvalue weighted by molar-refractivity contribution is 0.999. The SMILES string of the molecule is C=CCCc1ccc(C#Cc2ccc(C)cc2)cc1.C=CCCc1ccc(C#Cc2ccc(CCC=C)cc2)cc1.C=CCCc1ccc(C#Cc2ccc(CCC=CC)cc2)cc1.CC=CCCc1ccc(C#Cc2ccc(C)cc2)cc1.CC=CCCc1ccc(C#Cc2ccc(CCC=CC)cc2)cc1. The maximum absolute atomic E-state index is 3.76. The van der Waals surface area contributed by atoms with Crippen LogP contribution in [-0.4, -0.2) is 0 Å². The maximum Gasteiger partial charge on any atom is 0.0249 e. The van der Waals surface area contributed by atoms with Crippen molar-refractivity contribution in [3.8, 4) is 59.2 Å². The van der Waals surface area contributed by atoms with Crippen molar-refractivity contribution in [2.75, 3.05) is 0 Å². The van der Waals surface area contributed by atoms with E-state index in [0.29, 0.717) is 0 Å². The van der Waals surface area contributed by atoms with Crippen LogP contribution in [0, 0.1) is 73.1 Å². The van der Waals surface area contributed by atoms with Crippen LogP contribution in [0.5, 0.6) is 0 Å². The van der Waals surface area contributed by atoms with E-state index in [2.05, 4.69) is 418 Å². The van der Waals surface area contributed by atoms with Crippen LogP contribution in [0.2, 0.25) is 0 Å². The van der Waals surface area contributed by atoms with Crippen LogP contribution in [-0.2, 0) is 51.4 Å². The molecule has 0 radical (unpaired) electrons. The lowest BCUT2D eigenvalue weighted by Crippen LogP contribution is -1.85. The molecule has 108 heavy (non-hydrogen) atoms. The fourth-order valence-electron chi connectivity index (χ4n) is 10.8. The molecule has 0 aliphatic rings. The van der Waals surface area contributed by atoms with Crippen molar-refractivity contribution >= 4 is 0 Å². The molecule has 0 spiro atoms. The summed E-state index contributed by atoms with van der Waals surface area (Å²) in [6, 6.07) is 84.7. The minimum atomic E-state index is 1.02. The summed E-state index contributed by atoms with van der Waals surface area (Å²) in [5.41, 5.74) is 23.9. The summed E-state index contributed by atoms with van der Waals surface area (Å²) in [6.07, 6.45) is 42.0. The summed E-state index contributed by atoms with van der Waals surface area (Å²) in [6.45, 7) is 27.4. The topological polar surface area (TPSA) is 0 Å². The molecule has 10 aromatic rings. The highest BCUT2D eigenvalue weighted by atomic mass is 14.1. The highest BCUT2D eigenvalue weighted by Crippen LogP contribution is 2.15. The molecule has 0 aliphatic heterocycles. The van der Waals surface area contributed by atoms with Gasteiger partial charge in [-0.15, -0.1) is 26.3 Å². The van der Waals surface area contributed by atoms with Crippen molar-refractivity contribution in [2.24, 2.45) is 0 Å². The molecule has 10 rings (SSSR count). The largest absolute Gasteiger partial charge is 0.103 e. The van der Waals surface area contributed by atoms with Crippen LogP contribution < -0.4 is 0 Å². The minimum Gasteiger partial charge on any atom is -0.103 e. The molecule has 0 saturated carbocycles. The molecule has 0 saturated heterocycles. The molecule has 542 valence electrons. The minimum absolute atomic E-state index is 1.02. The Morgan fingerprint density at radius 2 is 0.306 bits per heavy atom. The zero-order chi connectivity index (χ0) is 76.7. The quantitative estimate of drug-likeness (QED) is 0.0418. The first-order valence-corrected chi connectivity index (χ1v) is 38.3. The maximum atomic E-state index is 3.76. The van der Waals surface area contributed by atoms with Crippen LogP contribution in [0.1, 0.15) is 190 Å². The van der Waals surface area contributed by atoms with E-state index in [0.717, 1.165) is 158 Å². The van der Waals surface area contributed by atoms with E-state index in [4.69, 9.17) is 0 Å². The fraction of sp³-hybridized carbons (Fsp3) is 0.204. The Morgan fingerprint density at radius 3 is 0.426 bits per heavy atom. The van der Waals surface area contributed by atoms with Crippen molar-refractivity contribution in [1.29, 1.82) is 0 Å². The Bertz CT molecular complexity index is 4590. The van der Waals surface area contributed by atoms with Gasteiger partial charge in [-0.05, 0) is 310 Å². The van der Waals surface area contributed by atoms with Crippen molar-refractivity contribution in [3.05, 3.63) is 453 Å². The molecule has 0 unspecified atom stereocenters. The molecule has 0 N–H and O–H groups in total. The van der Waals surface area contributed by atoms with Gasteiger partial charge in [0.05, 0.1) is 0 Å². The molecular weight excluding hydrogens is 1300 g/mol. The van der Waals surface area contributed by atoms with E-state index in [1.165, 1.54) is 55.6 Å². The second kappa shape index (κ2) is 52.8. The van der Waals surface area contributed by atoms with E-state index >= 15 is 0 Å². The predicted molar refractivity (Wildman–Crippen MR) is 470 cm³/mol. The van der Waals surface area contributed by atoms with E-state index < -0.39 is 0 Å². The van der Waals surface area contributed by atoms with Crippen molar-refractivity contribution in [3.63, 3.8) is 0 Å². The van der Waals surface area contributed by atoms with Gasteiger partial charge in [0.25, 0.3) is 0 Å². The van der Waals surface area contributed by atoms with Gasteiger partial charge in [0.2, 0.25) is 0 Å². The lowest BCUT2D eigenvalue weighted by Gasteiger charge is -1.99. The average Bonchev–Trinajstić information content (AvgIpc) is 0.910. The lowest BCUT2D eigenvalue weighted by atomic mass is 10.1. The van der Waals surface area contributed by atoms with Crippen LogP contribution in [0.4, 0.5) is 0 Å². The van der Waals surface area contributed by atoms with Crippen LogP contribution in [0.25, 0.3) is 0 Å². The zero-order valence-corrected chi connectivity index (χ0v) is 65.2. The normalized spacial score (nSPS) is 10.2. The molecule has 0 nitrogen and oxygen atoms in total. The molecule has 10 aromatic carbocycles. The molecule has 0 heteroatoms. The molecule has 0 heterocycles. The summed E-state index contributed by atoms with van der Waals surface area (Å²) in [7, 11) is 0. The van der Waals surface area contributed by atoms with E-state index in [1.54, 1.807) is 0 Å². The summed E-state index contributed by atoms with van der Waals surface area (Å²) < 4.78 is 0. The first kappa shape index (κ1) is 84.9. The van der Waals surface area contributed by atoms with Gasteiger partial charge in [0.15, 0.2) is 0 Å². The Kier molecular flexibility index (Phi) is 41.5. The summed E-state index contributed by atoms with van der Waals surface area (Å²) in [5.74, 6) is 32.2. The smallest absolute Gasteiger partial charge is 0.0249 e. The molecule has 0 aromatic heterocycles. The molecule has 0 aliphatic carbocycles.